The Kier molecular flexibility index (Phi) is 8.93. The first-order chi connectivity index (χ1) is 9.83. The molecule has 0 radical (unpaired) electrons. The van der Waals surface area contributed by atoms with E-state index in [0.29, 0.717) is 13.0 Å². The lowest BCUT2D eigenvalue weighted by atomic mass is 10.1. The minimum atomic E-state index is 0.601. The van der Waals surface area contributed by atoms with Gasteiger partial charge in [-0.15, -0.1) is 0 Å². The number of rotatable bonds is 9. The quantitative estimate of drug-likeness (QED) is 0.477. The van der Waals surface area contributed by atoms with Gasteiger partial charge < -0.3 is 4.74 Å². The van der Waals surface area contributed by atoms with Crippen LogP contribution in [-0.4, -0.2) is 6.61 Å². The Morgan fingerprint density at radius 2 is 2.10 bits per heavy atom. The summed E-state index contributed by atoms with van der Waals surface area (Å²) in [6, 6.07) is 12.4. The van der Waals surface area contributed by atoms with Crippen molar-refractivity contribution in [2.75, 3.05) is 6.61 Å². The topological polar surface area (TPSA) is 33.0 Å². The third-order valence-electron chi connectivity index (χ3n) is 2.92. The third-order valence-corrected chi connectivity index (χ3v) is 2.92. The van der Waals surface area contributed by atoms with Crippen LogP contribution in [0.25, 0.3) is 0 Å². The molecule has 2 nitrogen and oxygen atoms in total. The summed E-state index contributed by atoms with van der Waals surface area (Å²) < 4.78 is 5.62. The van der Waals surface area contributed by atoms with Gasteiger partial charge in [0.25, 0.3) is 0 Å². The van der Waals surface area contributed by atoms with Crippen LogP contribution in [0.4, 0.5) is 0 Å². The van der Waals surface area contributed by atoms with E-state index >= 15 is 0 Å². The molecule has 0 amide bonds. The highest BCUT2D eigenvalue weighted by Gasteiger charge is 1.91. The van der Waals surface area contributed by atoms with Crippen molar-refractivity contribution in [3.8, 4) is 6.07 Å². The van der Waals surface area contributed by atoms with Gasteiger partial charge in [-0.3, -0.25) is 0 Å². The minimum absolute atomic E-state index is 0.601. The summed E-state index contributed by atoms with van der Waals surface area (Å²) in [7, 11) is 0. The molecule has 2 heteroatoms. The fourth-order valence-corrected chi connectivity index (χ4v) is 1.73. The lowest BCUT2D eigenvalue weighted by molar-refractivity contribution is 0.119. The normalized spacial score (nSPS) is 11.7. The van der Waals surface area contributed by atoms with Crippen LogP contribution < -0.4 is 0 Å². The Morgan fingerprint density at radius 3 is 2.85 bits per heavy atom. The van der Waals surface area contributed by atoms with E-state index in [2.05, 4.69) is 43.4 Å². The van der Waals surface area contributed by atoms with E-state index in [1.165, 1.54) is 11.1 Å². The summed E-state index contributed by atoms with van der Waals surface area (Å²) in [6.45, 7) is 3.54. The second-order valence-electron chi connectivity index (χ2n) is 4.78. The molecule has 0 saturated carbocycles. The molecule has 0 fully saturated rings. The molecule has 0 unspecified atom stereocenters. The zero-order valence-corrected chi connectivity index (χ0v) is 12.2. The van der Waals surface area contributed by atoms with Gasteiger partial charge in [-0.2, -0.15) is 5.26 Å². The molecule has 0 bridgehead atoms. The summed E-state index contributed by atoms with van der Waals surface area (Å²) in [5.41, 5.74) is 2.47. The summed E-state index contributed by atoms with van der Waals surface area (Å²) in [5, 5.41) is 8.48. The van der Waals surface area contributed by atoms with E-state index < -0.39 is 0 Å². The van der Waals surface area contributed by atoms with E-state index in [-0.39, 0.29) is 0 Å². The Balaban J connectivity index is 2.03. The van der Waals surface area contributed by atoms with Crippen LogP contribution >= 0.6 is 0 Å². The number of hydrogen-bond acceptors (Lipinski definition) is 2. The van der Waals surface area contributed by atoms with Gasteiger partial charge in [0.1, 0.15) is 0 Å². The number of unbranched alkanes of at least 4 members (excludes halogenated alkanes) is 1. The van der Waals surface area contributed by atoms with Crippen molar-refractivity contribution < 1.29 is 4.74 Å². The summed E-state index contributed by atoms with van der Waals surface area (Å²) in [6.07, 6.45) is 9.84. The highest BCUT2D eigenvalue weighted by Crippen LogP contribution is 2.04. The number of ether oxygens (including phenoxy) is 1. The molecule has 1 aromatic carbocycles. The second-order valence-corrected chi connectivity index (χ2v) is 4.78. The average Bonchev–Trinajstić information content (AvgIpc) is 2.49. The molecule has 1 aromatic rings. The minimum Gasteiger partial charge on any atom is -0.377 e. The van der Waals surface area contributed by atoms with Crippen molar-refractivity contribution in [1.29, 1.82) is 5.26 Å². The SMILES string of the molecule is C/C(=C\C=C\CCCOCc1ccccc1)CCC#N. The molecule has 0 saturated heterocycles. The highest BCUT2D eigenvalue weighted by molar-refractivity contribution is 5.13. The fraction of sp³-hybridized carbons (Fsp3) is 0.389. The first kappa shape index (κ1) is 16.2. The van der Waals surface area contributed by atoms with Crippen molar-refractivity contribution in [2.24, 2.45) is 0 Å². The van der Waals surface area contributed by atoms with E-state index in [4.69, 9.17) is 10.00 Å². The number of hydrogen-bond donors (Lipinski definition) is 0. The molecule has 0 spiro atoms. The van der Waals surface area contributed by atoms with Gasteiger partial charge in [-0.1, -0.05) is 54.1 Å². The summed E-state index contributed by atoms with van der Waals surface area (Å²) >= 11 is 0. The molecule has 0 aliphatic heterocycles. The number of nitriles is 1. The average molecular weight is 269 g/mol. The highest BCUT2D eigenvalue weighted by atomic mass is 16.5. The maximum absolute atomic E-state index is 8.48. The van der Waals surface area contributed by atoms with Gasteiger partial charge in [0.15, 0.2) is 0 Å². The Bertz CT molecular complexity index is 454. The Hall–Kier alpha value is -1.85. The molecular weight excluding hydrogens is 246 g/mol. The molecule has 1 rings (SSSR count). The van der Waals surface area contributed by atoms with Crippen LogP contribution in [0.3, 0.4) is 0 Å². The molecule has 0 N–H and O–H groups in total. The van der Waals surface area contributed by atoms with E-state index in [1.54, 1.807) is 0 Å². The van der Waals surface area contributed by atoms with E-state index in [9.17, 15) is 0 Å². The van der Waals surface area contributed by atoms with E-state index in [0.717, 1.165) is 25.9 Å². The van der Waals surface area contributed by atoms with Gasteiger partial charge in [0, 0.05) is 13.0 Å². The van der Waals surface area contributed by atoms with Gasteiger partial charge in [0.05, 0.1) is 12.7 Å². The molecule has 0 aliphatic carbocycles. The first-order valence-electron chi connectivity index (χ1n) is 7.14. The van der Waals surface area contributed by atoms with Crippen LogP contribution in [0, 0.1) is 11.3 Å². The predicted octanol–water partition coefficient (Wildman–Crippen LogP) is 4.79. The fourth-order valence-electron chi connectivity index (χ4n) is 1.73. The molecule has 0 atom stereocenters. The number of nitrogens with zero attached hydrogens (tertiary/aromatic N) is 1. The zero-order chi connectivity index (χ0) is 14.5. The van der Waals surface area contributed by atoms with Crippen molar-refractivity contribution in [2.45, 2.75) is 39.2 Å². The van der Waals surface area contributed by atoms with Crippen LogP contribution in [0.5, 0.6) is 0 Å². The predicted molar refractivity (Wildman–Crippen MR) is 83.1 cm³/mol. The molecule has 0 aromatic heterocycles. The Labute approximate surface area is 122 Å². The van der Waals surface area contributed by atoms with Crippen molar-refractivity contribution in [3.05, 3.63) is 59.7 Å². The maximum atomic E-state index is 8.48. The van der Waals surface area contributed by atoms with Crippen molar-refractivity contribution in [1.82, 2.24) is 0 Å². The number of benzene rings is 1. The zero-order valence-electron chi connectivity index (χ0n) is 12.2. The smallest absolute Gasteiger partial charge is 0.0716 e. The first-order valence-corrected chi connectivity index (χ1v) is 7.14. The monoisotopic (exact) mass is 269 g/mol. The van der Waals surface area contributed by atoms with Crippen LogP contribution in [0.2, 0.25) is 0 Å². The molecule has 20 heavy (non-hydrogen) atoms. The van der Waals surface area contributed by atoms with Crippen LogP contribution in [0.1, 0.15) is 38.2 Å². The van der Waals surface area contributed by atoms with E-state index in [1.807, 2.05) is 18.2 Å². The van der Waals surface area contributed by atoms with Gasteiger partial charge in [-0.25, -0.2) is 0 Å². The van der Waals surface area contributed by atoms with Crippen LogP contribution in [-0.2, 0) is 11.3 Å². The van der Waals surface area contributed by atoms with Crippen molar-refractivity contribution in [3.63, 3.8) is 0 Å². The van der Waals surface area contributed by atoms with Gasteiger partial charge >= 0.3 is 0 Å². The largest absolute Gasteiger partial charge is 0.377 e. The standard InChI is InChI=1S/C18H23NO/c1-17(11-9-14-19)10-5-2-3-8-15-20-16-18-12-6-4-7-13-18/h2,4-7,10,12-13H,3,8-9,11,15-16H2,1H3/b5-2+,17-10+. The number of allylic oxidation sites excluding steroid dienone is 4. The van der Waals surface area contributed by atoms with Crippen LogP contribution in [0.15, 0.2) is 54.1 Å². The molecule has 0 heterocycles. The van der Waals surface area contributed by atoms with Gasteiger partial charge in [0.2, 0.25) is 0 Å². The molecule has 106 valence electrons. The maximum Gasteiger partial charge on any atom is 0.0716 e. The second kappa shape index (κ2) is 11.0. The lowest BCUT2D eigenvalue weighted by Gasteiger charge is -2.02. The third kappa shape index (κ3) is 8.29. The molecular formula is C18H23NO. The summed E-state index contributed by atoms with van der Waals surface area (Å²) in [5.74, 6) is 0. The van der Waals surface area contributed by atoms with Gasteiger partial charge in [-0.05, 0) is 31.7 Å². The summed E-state index contributed by atoms with van der Waals surface area (Å²) in [4.78, 5) is 0. The Morgan fingerprint density at radius 1 is 1.30 bits per heavy atom. The molecule has 0 aliphatic rings. The van der Waals surface area contributed by atoms with Crippen molar-refractivity contribution >= 4 is 0 Å². The lowest BCUT2D eigenvalue weighted by Crippen LogP contribution is -1.94.